The molecule has 2 N–H and O–H groups in total. The predicted molar refractivity (Wildman–Crippen MR) is 74.4 cm³/mol. The Bertz CT molecular complexity index is 602. The number of esters is 1. The van der Waals surface area contributed by atoms with E-state index >= 15 is 0 Å². The monoisotopic (exact) mass is 292 g/mol. The molecule has 6 nitrogen and oxygen atoms in total. The molecule has 0 bridgehead atoms. The minimum Gasteiger partial charge on any atom is -0.478 e. The van der Waals surface area contributed by atoms with Gasteiger partial charge in [-0.05, 0) is 30.5 Å². The highest BCUT2D eigenvalue weighted by atomic mass is 16.5. The fourth-order valence-electron chi connectivity index (χ4n) is 2.09. The van der Waals surface area contributed by atoms with Gasteiger partial charge >= 0.3 is 17.9 Å². The van der Waals surface area contributed by atoms with Crippen molar-refractivity contribution >= 4 is 17.9 Å². The maximum atomic E-state index is 11.3. The molecule has 0 heterocycles. The van der Waals surface area contributed by atoms with E-state index in [1.54, 1.807) is 6.92 Å². The Hall–Kier alpha value is -2.63. The van der Waals surface area contributed by atoms with E-state index in [1.165, 1.54) is 19.1 Å². The zero-order valence-electron chi connectivity index (χ0n) is 11.8. The predicted octanol–water partition coefficient (Wildman–Crippen LogP) is 2.57. The highest BCUT2D eigenvalue weighted by Crippen LogP contribution is 2.28. The van der Waals surface area contributed by atoms with Crippen molar-refractivity contribution in [1.82, 2.24) is 0 Å². The van der Waals surface area contributed by atoms with Crippen molar-refractivity contribution in [2.45, 2.75) is 26.4 Å². The smallest absolute Gasteiger partial charge is 0.336 e. The maximum absolute atomic E-state index is 11.3. The van der Waals surface area contributed by atoms with Gasteiger partial charge in [-0.2, -0.15) is 0 Å². The van der Waals surface area contributed by atoms with Gasteiger partial charge in [-0.25, -0.2) is 14.4 Å². The molecule has 1 atom stereocenters. The van der Waals surface area contributed by atoms with Crippen LogP contribution in [0.3, 0.4) is 0 Å². The molecule has 0 aliphatic rings. The van der Waals surface area contributed by atoms with Gasteiger partial charge in [0.15, 0.2) is 0 Å². The summed E-state index contributed by atoms with van der Waals surface area (Å²) in [5, 5.41) is 18.3. The van der Waals surface area contributed by atoms with Crippen LogP contribution in [0.15, 0.2) is 24.8 Å². The van der Waals surface area contributed by atoms with Gasteiger partial charge in [0.25, 0.3) is 0 Å². The van der Waals surface area contributed by atoms with Gasteiger partial charge in [0.05, 0.1) is 11.1 Å². The van der Waals surface area contributed by atoms with Crippen molar-refractivity contribution in [3.63, 3.8) is 0 Å². The average molecular weight is 292 g/mol. The summed E-state index contributed by atoms with van der Waals surface area (Å²) in [5.74, 6) is -3.28. The number of carboxylic acid groups (broad SMARTS) is 2. The molecule has 1 aromatic rings. The molecule has 0 fully saturated rings. The van der Waals surface area contributed by atoms with Crippen molar-refractivity contribution in [3.05, 3.63) is 47.0 Å². The van der Waals surface area contributed by atoms with Crippen LogP contribution < -0.4 is 0 Å². The number of aromatic carboxylic acids is 2. The van der Waals surface area contributed by atoms with Crippen molar-refractivity contribution in [2.24, 2.45) is 0 Å². The standard InChI is InChI=1S/C15H16O6/c1-4-11(21-12(16)5-2)9-6-7-10(14(17)18)13(8(9)3)15(19)20/h5-7,11H,2,4H2,1,3H3,(H,17,18)(H,19,20). The van der Waals surface area contributed by atoms with Crippen LogP contribution in [0.5, 0.6) is 0 Å². The molecule has 0 aromatic heterocycles. The average Bonchev–Trinajstić information content (AvgIpc) is 2.43. The lowest BCUT2D eigenvalue weighted by molar-refractivity contribution is -0.143. The van der Waals surface area contributed by atoms with Gasteiger partial charge in [0.2, 0.25) is 0 Å². The van der Waals surface area contributed by atoms with E-state index in [0.717, 1.165) is 6.08 Å². The van der Waals surface area contributed by atoms with Crippen LogP contribution >= 0.6 is 0 Å². The Morgan fingerprint density at radius 3 is 2.33 bits per heavy atom. The number of ether oxygens (including phenoxy) is 1. The summed E-state index contributed by atoms with van der Waals surface area (Å²) in [6, 6.07) is 2.67. The van der Waals surface area contributed by atoms with Crippen LogP contribution in [0.25, 0.3) is 0 Å². The number of carbonyl (C=O) groups is 3. The fourth-order valence-corrected chi connectivity index (χ4v) is 2.09. The van der Waals surface area contributed by atoms with Crippen LogP contribution in [-0.4, -0.2) is 28.1 Å². The van der Waals surface area contributed by atoms with Gasteiger partial charge in [-0.15, -0.1) is 0 Å². The lowest BCUT2D eigenvalue weighted by atomic mass is 9.93. The highest BCUT2D eigenvalue weighted by Gasteiger charge is 2.24. The first kappa shape index (κ1) is 16.4. The zero-order chi connectivity index (χ0) is 16.2. The van der Waals surface area contributed by atoms with Crippen LogP contribution in [-0.2, 0) is 9.53 Å². The summed E-state index contributed by atoms with van der Waals surface area (Å²) in [5.41, 5.74) is 0.142. The summed E-state index contributed by atoms with van der Waals surface area (Å²) >= 11 is 0. The molecule has 1 rings (SSSR count). The summed E-state index contributed by atoms with van der Waals surface area (Å²) in [6.45, 7) is 6.57. The number of carbonyl (C=O) groups excluding carboxylic acids is 1. The molecule has 0 saturated carbocycles. The number of benzene rings is 1. The van der Waals surface area contributed by atoms with Crippen molar-refractivity contribution in [1.29, 1.82) is 0 Å². The van der Waals surface area contributed by atoms with Crippen molar-refractivity contribution in [2.75, 3.05) is 0 Å². The first-order valence-corrected chi connectivity index (χ1v) is 6.26. The summed E-state index contributed by atoms with van der Waals surface area (Å²) < 4.78 is 5.15. The molecule has 0 aliphatic heterocycles. The van der Waals surface area contributed by atoms with Crippen LogP contribution in [0, 0.1) is 6.92 Å². The number of hydrogen-bond acceptors (Lipinski definition) is 4. The third-order valence-electron chi connectivity index (χ3n) is 3.09. The van der Waals surface area contributed by atoms with Crippen LogP contribution in [0.4, 0.5) is 0 Å². The van der Waals surface area contributed by atoms with E-state index < -0.39 is 24.0 Å². The van der Waals surface area contributed by atoms with Crippen LogP contribution in [0.2, 0.25) is 0 Å². The van der Waals surface area contributed by atoms with E-state index in [1.807, 2.05) is 0 Å². The van der Waals surface area contributed by atoms with Crippen molar-refractivity contribution in [3.8, 4) is 0 Å². The molecule has 1 aromatic carbocycles. The topological polar surface area (TPSA) is 101 Å². The molecule has 6 heteroatoms. The molecule has 1 unspecified atom stereocenters. The van der Waals surface area contributed by atoms with E-state index in [-0.39, 0.29) is 16.7 Å². The van der Waals surface area contributed by atoms with Gasteiger partial charge in [0.1, 0.15) is 6.10 Å². The van der Waals surface area contributed by atoms with E-state index in [9.17, 15) is 19.5 Å². The molecular formula is C15H16O6. The van der Waals surface area contributed by atoms with Crippen molar-refractivity contribution < 1.29 is 29.3 Å². The molecule has 0 spiro atoms. The minimum atomic E-state index is -1.34. The second-order valence-electron chi connectivity index (χ2n) is 4.35. The van der Waals surface area contributed by atoms with Gasteiger partial charge in [-0.1, -0.05) is 19.6 Å². The zero-order valence-corrected chi connectivity index (χ0v) is 11.8. The molecule has 112 valence electrons. The van der Waals surface area contributed by atoms with E-state index in [4.69, 9.17) is 9.84 Å². The number of rotatable bonds is 6. The fraction of sp³-hybridized carbons (Fsp3) is 0.267. The highest BCUT2D eigenvalue weighted by molar-refractivity contribution is 6.03. The second-order valence-corrected chi connectivity index (χ2v) is 4.35. The largest absolute Gasteiger partial charge is 0.478 e. The molecule has 0 saturated heterocycles. The minimum absolute atomic E-state index is 0.270. The normalized spacial score (nSPS) is 11.5. The summed E-state index contributed by atoms with van der Waals surface area (Å²) in [4.78, 5) is 33.7. The Morgan fingerprint density at radius 1 is 1.29 bits per heavy atom. The molecule has 0 aliphatic carbocycles. The van der Waals surface area contributed by atoms with Gasteiger partial charge in [0, 0.05) is 6.08 Å². The molecule has 21 heavy (non-hydrogen) atoms. The third kappa shape index (κ3) is 3.47. The van der Waals surface area contributed by atoms with Crippen LogP contribution in [0.1, 0.15) is 51.3 Å². The lowest BCUT2D eigenvalue weighted by Crippen LogP contribution is -2.15. The SMILES string of the molecule is C=CC(=O)OC(CC)c1ccc(C(=O)O)c(C(=O)O)c1C. The summed E-state index contributed by atoms with van der Waals surface area (Å²) in [6.07, 6.45) is 0.782. The lowest BCUT2D eigenvalue weighted by Gasteiger charge is -2.19. The summed E-state index contributed by atoms with van der Waals surface area (Å²) in [7, 11) is 0. The first-order valence-electron chi connectivity index (χ1n) is 6.26. The van der Waals surface area contributed by atoms with E-state index in [2.05, 4.69) is 6.58 Å². The number of carboxylic acids is 2. The quantitative estimate of drug-likeness (QED) is 0.617. The Balaban J connectivity index is 3.40. The molecular weight excluding hydrogens is 276 g/mol. The third-order valence-corrected chi connectivity index (χ3v) is 3.09. The first-order chi connectivity index (χ1) is 9.83. The van der Waals surface area contributed by atoms with Gasteiger partial charge < -0.3 is 14.9 Å². The maximum Gasteiger partial charge on any atom is 0.336 e. The molecule has 0 radical (unpaired) electrons. The Morgan fingerprint density at radius 2 is 1.90 bits per heavy atom. The van der Waals surface area contributed by atoms with E-state index in [0.29, 0.717) is 12.0 Å². The van der Waals surface area contributed by atoms with Gasteiger partial charge in [-0.3, -0.25) is 0 Å². The molecule has 0 amide bonds. The Labute approximate surface area is 121 Å². The Kier molecular flexibility index (Phi) is 5.24. The second kappa shape index (κ2) is 6.69. The number of hydrogen-bond donors (Lipinski definition) is 2.